The summed E-state index contributed by atoms with van der Waals surface area (Å²) in [6.45, 7) is 0. The fraction of sp³-hybridized carbons (Fsp3) is 0.0909. The van der Waals surface area contributed by atoms with E-state index in [1.54, 1.807) is 0 Å². The van der Waals surface area contributed by atoms with Gasteiger partial charge in [0.15, 0.2) is 11.5 Å². The summed E-state index contributed by atoms with van der Waals surface area (Å²) in [6, 6.07) is 3.87. The van der Waals surface area contributed by atoms with Gasteiger partial charge in [0.1, 0.15) is 4.47 Å². The van der Waals surface area contributed by atoms with Crippen LogP contribution in [0.2, 0.25) is 0 Å². The number of hydrogen-bond donors (Lipinski definition) is 1. The number of nitro benzene ring substituents is 1. The Bertz CT molecular complexity index is 715. The van der Waals surface area contributed by atoms with Crippen molar-refractivity contribution in [3.63, 3.8) is 0 Å². The van der Waals surface area contributed by atoms with Gasteiger partial charge in [-0.05, 0) is 22.0 Å². The number of nitro groups is 1. The topological polar surface area (TPSA) is 107 Å². The molecule has 1 aromatic carbocycles. The van der Waals surface area contributed by atoms with Crippen LogP contribution in [0.15, 0.2) is 33.8 Å². The number of halogens is 1. The lowest BCUT2D eigenvalue weighted by Gasteiger charge is -2.09. The summed E-state index contributed by atoms with van der Waals surface area (Å²) in [7, 11) is 1.40. The van der Waals surface area contributed by atoms with Crippen LogP contribution in [0.3, 0.4) is 0 Å². The smallest absolute Gasteiger partial charge is 0.273 e. The van der Waals surface area contributed by atoms with Gasteiger partial charge in [0.05, 0.1) is 24.4 Å². The van der Waals surface area contributed by atoms with Crippen LogP contribution in [-0.4, -0.2) is 22.0 Å². The molecule has 2 aromatic rings. The number of aromatic nitrogens is 2. The van der Waals surface area contributed by atoms with E-state index in [9.17, 15) is 14.9 Å². The van der Waals surface area contributed by atoms with E-state index in [0.29, 0.717) is 0 Å². The summed E-state index contributed by atoms with van der Waals surface area (Å²) in [6.07, 6.45) is 1.16. The Kier molecular flexibility index (Phi) is 3.99. The maximum atomic E-state index is 11.4. The van der Waals surface area contributed by atoms with E-state index in [2.05, 4.69) is 25.9 Å². The summed E-state index contributed by atoms with van der Waals surface area (Å²) in [5.74, 6) is 0.345. The first-order valence-electron chi connectivity index (χ1n) is 5.26. The number of benzene rings is 1. The Morgan fingerprint density at radius 1 is 1.40 bits per heavy atom. The highest BCUT2D eigenvalue weighted by Crippen LogP contribution is 2.35. The minimum absolute atomic E-state index is 0.0208. The first-order valence-corrected chi connectivity index (χ1v) is 6.05. The molecule has 0 aliphatic heterocycles. The van der Waals surface area contributed by atoms with Gasteiger partial charge in [0, 0.05) is 6.07 Å². The summed E-state index contributed by atoms with van der Waals surface area (Å²) < 4.78 is 10.5. The van der Waals surface area contributed by atoms with Crippen LogP contribution in [0.1, 0.15) is 0 Å². The first-order chi connectivity index (χ1) is 9.52. The van der Waals surface area contributed by atoms with Gasteiger partial charge in [-0.15, -0.1) is 0 Å². The molecule has 1 N–H and O–H groups in total. The van der Waals surface area contributed by atoms with Crippen LogP contribution in [0, 0.1) is 10.1 Å². The van der Waals surface area contributed by atoms with Crippen molar-refractivity contribution in [3.8, 4) is 17.4 Å². The monoisotopic (exact) mass is 341 g/mol. The predicted octanol–water partition coefficient (Wildman–Crippen LogP) is 2.24. The van der Waals surface area contributed by atoms with E-state index < -0.39 is 10.5 Å². The van der Waals surface area contributed by atoms with E-state index in [1.807, 2.05) is 0 Å². The minimum Gasteiger partial charge on any atom is -0.493 e. The quantitative estimate of drug-likeness (QED) is 0.674. The van der Waals surface area contributed by atoms with Gasteiger partial charge in [-0.2, -0.15) is 0 Å². The van der Waals surface area contributed by atoms with Gasteiger partial charge >= 0.3 is 0 Å². The molecule has 9 heteroatoms. The highest BCUT2D eigenvalue weighted by Gasteiger charge is 2.16. The molecule has 104 valence electrons. The zero-order chi connectivity index (χ0) is 14.7. The number of nitrogens with one attached hydrogen (secondary N) is 1. The highest BCUT2D eigenvalue weighted by atomic mass is 79.9. The van der Waals surface area contributed by atoms with E-state index in [-0.39, 0.29) is 27.5 Å². The second-order valence-corrected chi connectivity index (χ2v) is 4.34. The van der Waals surface area contributed by atoms with Crippen LogP contribution in [0.25, 0.3) is 0 Å². The van der Waals surface area contributed by atoms with E-state index in [0.717, 1.165) is 6.33 Å². The Labute approximate surface area is 120 Å². The summed E-state index contributed by atoms with van der Waals surface area (Å²) in [5.41, 5.74) is -0.596. The third kappa shape index (κ3) is 2.77. The molecule has 2 rings (SSSR count). The van der Waals surface area contributed by atoms with E-state index in [1.165, 1.54) is 25.3 Å². The molecule has 20 heavy (non-hydrogen) atoms. The molecule has 0 radical (unpaired) electrons. The van der Waals surface area contributed by atoms with Crippen molar-refractivity contribution in [2.75, 3.05) is 7.11 Å². The number of rotatable bonds is 4. The molecule has 0 fully saturated rings. The van der Waals surface area contributed by atoms with Gasteiger partial charge in [0.25, 0.3) is 11.2 Å². The highest BCUT2D eigenvalue weighted by molar-refractivity contribution is 9.10. The molecule has 0 saturated carbocycles. The van der Waals surface area contributed by atoms with Crippen molar-refractivity contribution in [1.29, 1.82) is 0 Å². The molecular weight excluding hydrogens is 334 g/mol. The van der Waals surface area contributed by atoms with Crippen molar-refractivity contribution in [2.24, 2.45) is 0 Å². The largest absolute Gasteiger partial charge is 0.493 e. The average Bonchev–Trinajstić information content (AvgIpc) is 2.43. The normalized spacial score (nSPS) is 10.1. The van der Waals surface area contributed by atoms with Crippen molar-refractivity contribution in [3.05, 3.63) is 49.5 Å². The second-order valence-electron chi connectivity index (χ2n) is 3.55. The molecule has 0 saturated heterocycles. The van der Waals surface area contributed by atoms with Crippen LogP contribution in [0.5, 0.6) is 17.4 Å². The Morgan fingerprint density at radius 3 is 2.80 bits per heavy atom. The lowest BCUT2D eigenvalue weighted by atomic mass is 10.3. The number of ether oxygens (including phenoxy) is 2. The fourth-order valence-electron chi connectivity index (χ4n) is 1.40. The molecule has 0 aliphatic rings. The molecular formula is C11H8BrN3O5. The number of aromatic amines is 1. The van der Waals surface area contributed by atoms with Gasteiger partial charge in [-0.1, -0.05) is 0 Å². The first kappa shape index (κ1) is 14.0. The third-order valence-electron chi connectivity index (χ3n) is 2.33. The van der Waals surface area contributed by atoms with Crippen LogP contribution < -0.4 is 15.0 Å². The van der Waals surface area contributed by atoms with Gasteiger partial charge in [0.2, 0.25) is 5.88 Å². The average molecular weight is 342 g/mol. The number of H-pyrrole nitrogens is 1. The van der Waals surface area contributed by atoms with Crippen LogP contribution >= 0.6 is 15.9 Å². The zero-order valence-corrected chi connectivity index (χ0v) is 11.7. The van der Waals surface area contributed by atoms with Gasteiger partial charge in [-0.3, -0.25) is 14.9 Å². The van der Waals surface area contributed by atoms with Crippen molar-refractivity contribution < 1.29 is 14.4 Å². The third-order valence-corrected chi connectivity index (χ3v) is 3.03. The Hall–Kier alpha value is -2.42. The number of hydrogen-bond acceptors (Lipinski definition) is 6. The predicted molar refractivity (Wildman–Crippen MR) is 72.3 cm³/mol. The molecule has 1 aromatic heterocycles. The van der Waals surface area contributed by atoms with Crippen LogP contribution in [0.4, 0.5) is 5.69 Å². The van der Waals surface area contributed by atoms with Gasteiger partial charge < -0.3 is 14.5 Å². The van der Waals surface area contributed by atoms with Gasteiger partial charge in [-0.25, -0.2) is 4.98 Å². The number of non-ortho nitro benzene ring substituents is 1. The van der Waals surface area contributed by atoms with E-state index in [4.69, 9.17) is 9.47 Å². The summed E-state index contributed by atoms with van der Waals surface area (Å²) >= 11 is 3.03. The SMILES string of the molecule is COc1ccc([N+](=O)[O-])cc1Oc1nc[nH]c(=O)c1Br. The standard InChI is InChI=1S/C11H8BrN3O5/c1-19-7-3-2-6(15(17)18)4-8(7)20-11-9(12)10(16)13-5-14-11/h2-5H,1H3,(H,13,14,16). The summed E-state index contributed by atoms with van der Waals surface area (Å²) in [5, 5.41) is 10.8. The molecule has 0 spiro atoms. The lowest BCUT2D eigenvalue weighted by Crippen LogP contribution is -2.08. The summed E-state index contributed by atoms with van der Waals surface area (Å²) in [4.78, 5) is 27.8. The maximum Gasteiger partial charge on any atom is 0.273 e. The minimum atomic E-state index is -0.563. The molecule has 1 heterocycles. The maximum absolute atomic E-state index is 11.4. The second kappa shape index (κ2) is 5.70. The lowest BCUT2D eigenvalue weighted by molar-refractivity contribution is -0.384. The van der Waals surface area contributed by atoms with Crippen molar-refractivity contribution in [1.82, 2.24) is 9.97 Å². The molecule has 8 nitrogen and oxygen atoms in total. The van der Waals surface area contributed by atoms with Crippen molar-refractivity contribution in [2.45, 2.75) is 0 Å². The fourth-order valence-corrected chi connectivity index (χ4v) is 1.70. The zero-order valence-electron chi connectivity index (χ0n) is 10.1. The number of nitrogens with zero attached hydrogens (tertiary/aromatic N) is 2. The van der Waals surface area contributed by atoms with Crippen LogP contribution in [-0.2, 0) is 0 Å². The number of methoxy groups -OCH3 is 1. The molecule has 0 amide bonds. The van der Waals surface area contributed by atoms with E-state index >= 15 is 0 Å². The molecule has 0 unspecified atom stereocenters. The molecule has 0 atom stereocenters. The Balaban J connectivity index is 2.46. The Morgan fingerprint density at radius 2 is 2.15 bits per heavy atom. The van der Waals surface area contributed by atoms with Crippen molar-refractivity contribution >= 4 is 21.6 Å². The molecule has 0 aliphatic carbocycles. The molecule has 0 bridgehead atoms.